The van der Waals surface area contributed by atoms with Crippen molar-refractivity contribution < 1.29 is 0 Å². The standard InChI is InChI=1S/C31H52N2/c1-3-5-7-8-9-10-11-13-29-24-32-31(33-25-29)30-22-20-28(21-23-30)19-18-27-16-14-26(15-17-27)12-6-4-2/h18-19,24-28,30H,3-17,20-23H2,1-2H3/b19-18+. The highest BCUT2D eigenvalue weighted by molar-refractivity contribution is 5.09. The molecule has 0 atom stereocenters. The molecule has 33 heavy (non-hydrogen) atoms. The van der Waals surface area contributed by atoms with Gasteiger partial charge < -0.3 is 0 Å². The summed E-state index contributed by atoms with van der Waals surface area (Å²) in [6.07, 6.45) is 35.3. The second-order valence-corrected chi connectivity index (χ2v) is 11.2. The van der Waals surface area contributed by atoms with E-state index in [9.17, 15) is 0 Å². The number of hydrogen-bond donors (Lipinski definition) is 0. The summed E-state index contributed by atoms with van der Waals surface area (Å²) in [5.41, 5.74) is 1.33. The van der Waals surface area contributed by atoms with E-state index in [0.717, 1.165) is 30.0 Å². The van der Waals surface area contributed by atoms with Crippen molar-refractivity contribution >= 4 is 0 Å². The third kappa shape index (κ3) is 9.91. The van der Waals surface area contributed by atoms with E-state index < -0.39 is 0 Å². The molecule has 0 aliphatic heterocycles. The fourth-order valence-electron chi connectivity index (χ4n) is 6.04. The monoisotopic (exact) mass is 452 g/mol. The van der Waals surface area contributed by atoms with Crippen LogP contribution in [0.1, 0.15) is 147 Å². The van der Waals surface area contributed by atoms with Gasteiger partial charge in [-0.3, -0.25) is 0 Å². The largest absolute Gasteiger partial charge is 0.241 e. The predicted molar refractivity (Wildman–Crippen MR) is 143 cm³/mol. The summed E-state index contributed by atoms with van der Waals surface area (Å²) in [5.74, 6) is 4.35. The number of nitrogens with zero attached hydrogens (tertiary/aromatic N) is 2. The minimum Gasteiger partial charge on any atom is -0.241 e. The third-order valence-corrected chi connectivity index (χ3v) is 8.44. The quantitative estimate of drug-likeness (QED) is 0.207. The van der Waals surface area contributed by atoms with Gasteiger partial charge in [-0.25, -0.2) is 9.97 Å². The molecule has 1 aromatic rings. The summed E-state index contributed by atoms with van der Waals surface area (Å²) in [6, 6.07) is 0. The van der Waals surface area contributed by atoms with Crippen LogP contribution < -0.4 is 0 Å². The molecule has 0 N–H and O–H groups in total. The Morgan fingerprint density at radius 3 is 1.82 bits per heavy atom. The van der Waals surface area contributed by atoms with Crippen molar-refractivity contribution in [3.63, 3.8) is 0 Å². The normalized spacial score (nSPS) is 26.1. The van der Waals surface area contributed by atoms with Crippen molar-refractivity contribution in [2.24, 2.45) is 17.8 Å². The summed E-state index contributed by atoms with van der Waals surface area (Å²) in [7, 11) is 0. The molecule has 0 saturated heterocycles. The predicted octanol–water partition coefficient (Wildman–Crippen LogP) is 9.60. The molecular weight excluding hydrogens is 400 g/mol. The summed E-state index contributed by atoms with van der Waals surface area (Å²) >= 11 is 0. The molecular formula is C31H52N2. The van der Waals surface area contributed by atoms with Gasteiger partial charge in [0.05, 0.1) is 0 Å². The molecule has 0 unspecified atom stereocenters. The van der Waals surface area contributed by atoms with Crippen molar-refractivity contribution in [2.75, 3.05) is 0 Å². The van der Waals surface area contributed by atoms with Gasteiger partial charge in [0.25, 0.3) is 0 Å². The van der Waals surface area contributed by atoms with Crippen LogP contribution in [0.2, 0.25) is 0 Å². The molecule has 2 aliphatic rings. The average molecular weight is 453 g/mol. The van der Waals surface area contributed by atoms with Gasteiger partial charge in [0.15, 0.2) is 0 Å². The molecule has 0 radical (unpaired) electrons. The van der Waals surface area contributed by atoms with Crippen molar-refractivity contribution in [1.82, 2.24) is 9.97 Å². The Labute approximate surface area is 205 Å². The first kappa shape index (κ1) is 26.4. The first-order chi connectivity index (χ1) is 16.3. The number of allylic oxidation sites excluding steroid dienone is 2. The molecule has 1 heterocycles. The average Bonchev–Trinajstić information content (AvgIpc) is 2.87. The van der Waals surface area contributed by atoms with Crippen LogP contribution in [0.25, 0.3) is 0 Å². The van der Waals surface area contributed by atoms with Crippen molar-refractivity contribution in [1.29, 1.82) is 0 Å². The molecule has 1 aromatic heterocycles. The zero-order chi connectivity index (χ0) is 23.1. The minimum atomic E-state index is 0.580. The molecule has 0 bridgehead atoms. The molecule has 186 valence electrons. The van der Waals surface area contributed by atoms with Crippen LogP contribution in [0.15, 0.2) is 24.5 Å². The number of aromatic nitrogens is 2. The van der Waals surface area contributed by atoms with Crippen LogP contribution in [0, 0.1) is 17.8 Å². The van der Waals surface area contributed by atoms with E-state index >= 15 is 0 Å². The van der Waals surface area contributed by atoms with Gasteiger partial charge in [0.2, 0.25) is 0 Å². The zero-order valence-electron chi connectivity index (χ0n) is 21.9. The van der Waals surface area contributed by atoms with E-state index in [1.54, 1.807) is 0 Å². The lowest BCUT2D eigenvalue weighted by Crippen LogP contribution is -2.15. The first-order valence-electron chi connectivity index (χ1n) is 14.8. The van der Waals surface area contributed by atoms with Gasteiger partial charge in [-0.15, -0.1) is 0 Å². The van der Waals surface area contributed by atoms with Crippen molar-refractivity contribution in [3.8, 4) is 0 Å². The summed E-state index contributed by atoms with van der Waals surface area (Å²) in [5, 5.41) is 0. The second kappa shape index (κ2) is 15.7. The Morgan fingerprint density at radius 2 is 1.21 bits per heavy atom. The van der Waals surface area contributed by atoms with Crippen LogP contribution in [0.5, 0.6) is 0 Å². The van der Waals surface area contributed by atoms with E-state index in [4.69, 9.17) is 9.97 Å². The van der Waals surface area contributed by atoms with Crippen LogP contribution in [0.4, 0.5) is 0 Å². The summed E-state index contributed by atoms with van der Waals surface area (Å²) < 4.78 is 0. The molecule has 2 aliphatic carbocycles. The fraction of sp³-hybridized carbons (Fsp3) is 0.806. The Bertz CT molecular complexity index is 633. The zero-order valence-corrected chi connectivity index (χ0v) is 21.9. The van der Waals surface area contributed by atoms with Gasteiger partial charge in [-0.1, -0.05) is 83.8 Å². The Kier molecular flexibility index (Phi) is 12.5. The van der Waals surface area contributed by atoms with E-state index in [2.05, 4.69) is 38.4 Å². The first-order valence-corrected chi connectivity index (χ1v) is 14.8. The lowest BCUT2D eigenvalue weighted by atomic mass is 9.78. The molecule has 3 rings (SSSR count). The maximum Gasteiger partial charge on any atom is 0.131 e. The van der Waals surface area contributed by atoms with Gasteiger partial charge >= 0.3 is 0 Å². The molecule has 2 nitrogen and oxygen atoms in total. The highest BCUT2D eigenvalue weighted by Crippen LogP contribution is 2.36. The van der Waals surface area contributed by atoms with Crippen molar-refractivity contribution in [2.45, 2.75) is 142 Å². The molecule has 0 amide bonds. The second-order valence-electron chi connectivity index (χ2n) is 11.2. The maximum atomic E-state index is 4.79. The van der Waals surface area contributed by atoms with Crippen LogP contribution in [-0.4, -0.2) is 9.97 Å². The van der Waals surface area contributed by atoms with E-state index in [-0.39, 0.29) is 0 Å². The Hall–Kier alpha value is -1.18. The fourth-order valence-corrected chi connectivity index (χ4v) is 6.04. The van der Waals surface area contributed by atoms with Gasteiger partial charge in [-0.2, -0.15) is 0 Å². The van der Waals surface area contributed by atoms with Gasteiger partial charge in [-0.05, 0) is 87.5 Å². The van der Waals surface area contributed by atoms with E-state index in [1.807, 2.05) is 0 Å². The minimum absolute atomic E-state index is 0.580. The number of aryl methyl sites for hydroxylation is 1. The summed E-state index contributed by atoms with van der Waals surface area (Å²) in [4.78, 5) is 9.57. The van der Waals surface area contributed by atoms with Crippen LogP contribution in [0.3, 0.4) is 0 Å². The van der Waals surface area contributed by atoms with Crippen LogP contribution >= 0.6 is 0 Å². The Balaban J connectivity index is 1.30. The highest BCUT2D eigenvalue weighted by Gasteiger charge is 2.24. The smallest absolute Gasteiger partial charge is 0.131 e. The van der Waals surface area contributed by atoms with Crippen LogP contribution in [-0.2, 0) is 6.42 Å². The SMILES string of the molecule is CCCCCCCCCc1cnc(C2CCC(/C=C/C3CCC(CCCC)CC3)CC2)nc1. The molecule has 0 aromatic carbocycles. The molecule has 2 heteroatoms. The lowest BCUT2D eigenvalue weighted by molar-refractivity contribution is 0.289. The Morgan fingerprint density at radius 1 is 0.667 bits per heavy atom. The summed E-state index contributed by atoms with van der Waals surface area (Å²) in [6.45, 7) is 4.61. The third-order valence-electron chi connectivity index (χ3n) is 8.44. The maximum absolute atomic E-state index is 4.79. The lowest BCUT2D eigenvalue weighted by Gasteiger charge is -2.28. The van der Waals surface area contributed by atoms with Crippen molar-refractivity contribution in [3.05, 3.63) is 35.9 Å². The highest BCUT2D eigenvalue weighted by atomic mass is 14.9. The molecule has 2 saturated carbocycles. The number of unbranched alkanes of at least 4 members (excludes halogenated alkanes) is 7. The van der Waals surface area contributed by atoms with Gasteiger partial charge in [0.1, 0.15) is 5.82 Å². The number of rotatable bonds is 14. The molecule has 0 spiro atoms. The van der Waals surface area contributed by atoms with E-state index in [0.29, 0.717) is 5.92 Å². The number of hydrogen-bond acceptors (Lipinski definition) is 2. The van der Waals surface area contributed by atoms with Gasteiger partial charge in [0, 0.05) is 18.3 Å². The topological polar surface area (TPSA) is 25.8 Å². The molecule has 2 fully saturated rings. The van der Waals surface area contributed by atoms with E-state index in [1.165, 1.54) is 121 Å².